The van der Waals surface area contributed by atoms with Gasteiger partial charge in [-0.05, 0) is 13.0 Å². The van der Waals surface area contributed by atoms with Crippen LogP contribution in [0.25, 0.3) is 0 Å². The lowest BCUT2D eigenvalue weighted by molar-refractivity contribution is -0.171. The molecular weight excluding hydrogens is 213 g/mol. The first-order valence-corrected chi connectivity index (χ1v) is 3.94. The van der Waals surface area contributed by atoms with Gasteiger partial charge in [0.1, 0.15) is 0 Å². The Balaban J connectivity index is 4.45. The van der Waals surface area contributed by atoms with E-state index in [2.05, 4.69) is 0 Å². The van der Waals surface area contributed by atoms with Crippen molar-refractivity contribution in [3.05, 3.63) is 24.0 Å². The smallest absolute Gasteiger partial charge is 0.450 e. The van der Waals surface area contributed by atoms with Gasteiger partial charge in [-0.25, -0.2) is 0 Å². The highest BCUT2D eigenvalue weighted by molar-refractivity contribution is 6.08. The summed E-state index contributed by atoms with van der Waals surface area (Å²) in [5.74, 6) is -4.30. The molecular formula is C9H9F3O3. The Morgan fingerprint density at radius 2 is 1.87 bits per heavy atom. The van der Waals surface area contributed by atoms with Crippen molar-refractivity contribution in [2.75, 3.05) is 0 Å². The predicted molar refractivity (Wildman–Crippen MR) is 46.2 cm³/mol. The molecule has 0 saturated heterocycles. The molecule has 0 heterocycles. The van der Waals surface area contributed by atoms with Crippen molar-refractivity contribution in [2.24, 2.45) is 0 Å². The zero-order valence-electron chi connectivity index (χ0n) is 7.84. The van der Waals surface area contributed by atoms with Crippen LogP contribution in [0.2, 0.25) is 0 Å². The summed E-state index contributed by atoms with van der Waals surface area (Å²) >= 11 is 0. The second-order valence-electron chi connectivity index (χ2n) is 2.60. The van der Waals surface area contributed by atoms with Gasteiger partial charge >= 0.3 is 6.18 Å². The zero-order valence-corrected chi connectivity index (χ0v) is 7.84. The molecule has 0 aromatic rings. The number of aliphatic hydroxyl groups is 1. The first-order valence-electron chi connectivity index (χ1n) is 3.94. The van der Waals surface area contributed by atoms with Crippen LogP contribution in [0.4, 0.5) is 13.2 Å². The van der Waals surface area contributed by atoms with E-state index in [4.69, 9.17) is 5.11 Å². The molecule has 0 fully saturated rings. The fourth-order valence-corrected chi connectivity index (χ4v) is 0.617. The molecule has 0 rings (SSSR count). The van der Waals surface area contributed by atoms with Crippen LogP contribution in [-0.2, 0) is 9.59 Å². The van der Waals surface area contributed by atoms with E-state index in [9.17, 15) is 22.8 Å². The van der Waals surface area contributed by atoms with Crippen molar-refractivity contribution >= 4 is 11.6 Å². The summed E-state index contributed by atoms with van der Waals surface area (Å²) < 4.78 is 35.1. The number of halogens is 3. The Hall–Kier alpha value is -1.59. The number of rotatable bonds is 4. The van der Waals surface area contributed by atoms with Gasteiger partial charge in [-0.3, -0.25) is 9.59 Å². The van der Waals surface area contributed by atoms with Crippen LogP contribution < -0.4 is 0 Å². The van der Waals surface area contributed by atoms with Gasteiger partial charge in [0.15, 0.2) is 5.76 Å². The van der Waals surface area contributed by atoms with E-state index < -0.39 is 29.9 Å². The molecule has 1 N–H and O–H groups in total. The lowest BCUT2D eigenvalue weighted by atomic mass is 10.1. The number of hydrogen-bond donors (Lipinski definition) is 1. The Bertz CT molecular complexity index is 313. The van der Waals surface area contributed by atoms with Crippen LogP contribution in [0.3, 0.4) is 0 Å². The van der Waals surface area contributed by atoms with Crippen molar-refractivity contribution in [3.63, 3.8) is 0 Å². The normalized spacial score (nSPS) is 13.2. The monoisotopic (exact) mass is 222 g/mol. The van der Waals surface area contributed by atoms with Crippen LogP contribution in [-0.4, -0.2) is 22.8 Å². The minimum atomic E-state index is -5.05. The highest BCUT2D eigenvalue weighted by atomic mass is 19.4. The summed E-state index contributed by atoms with van der Waals surface area (Å²) in [6.07, 6.45) is -2.76. The number of ketones is 2. The van der Waals surface area contributed by atoms with Crippen LogP contribution >= 0.6 is 0 Å². The van der Waals surface area contributed by atoms with Crippen molar-refractivity contribution in [2.45, 2.75) is 19.5 Å². The van der Waals surface area contributed by atoms with E-state index in [0.29, 0.717) is 0 Å². The minimum absolute atomic E-state index is 0.870. The molecule has 0 aromatic heterocycles. The second-order valence-corrected chi connectivity index (χ2v) is 2.60. The molecule has 0 aliphatic heterocycles. The maximum Gasteiger partial charge on any atom is 0.450 e. The van der Waals surface area contributed by atoms with Crippen LogP contribution in [0.15, 0.2) is 24.0 Å². The Labute approximate surface area is 83.9 Å². The van der Waals surface area contributed by atoms with Crippen LogP contribution in [0.1, 0.15) is 13.3 Å². The zero-order chi connectivity index (χ0) is 12.1. The van der Waals surface area contributed by atoms with Crippen molar-refractivity contribution in [3.8, 4) is 0 Å². The quantitative estimate of drug-likeness (QED) is 0.343. The van der Waals surface area contributed by atoms with Gasteiger partial charge in [0.05, 0.1) is 6.42 Å². The van der Waals surface area contributed by atoms with E-state index >= 15 is 0 Å². The van der Waals surface area contributed by atoms with Crippen molar-refractivity contribution < 1.29 is 27.9 Å². The summed E-state index contributed by atoms with van der Waals surface area (Å²) in [6.45, 7) is 1.59. The standard InChI is InChI=1S/C9H9F3O3/c1-2-3-4-6(13)7(14)5-8(15)9(10,11)12/h2-4,13H,5H2,1H3/b3-2-,6-4-. The maximum absolute atomic E-state index is 11.7. The molecule has 3 nitrogen and oxygen atoms in total. The summed E-state index contributed by atoms with van der Waals surface area (Å²) in [6, 6.07) is 0. The molecule has 0 atom stereocenters. The average Bonchev–Trinajstić information content (AvgIpc) is 2.12. The minimum Gasteiger partial charge on any atom is -0.504 e. The number of allylic oxidation sites excluding steroid dienone is 4. The van der Waals surface area contributed by atoms with E-state index in [1.807, 2.05) is 0 Å². The average molecular weight is 222 g/mol. The number of carbonyl (C=O) groups excluding carboxylic acids is 2. The molecule has 0 saturated carbocycles. The highest BCUT2D eigenvalue weighted by Gasteiger charge is 2.39. The Morgan fingerprint density at radius 3 is 2.27 bits per heavy atom. The molecule has 15 heavy (non-hydrogen) atoms. The van der Waals surface area contributed by atoms with E-state index in [1.165, 1.54) is 12.2 Å². The summed E-state index contributed by atoms with van der Waals surface area (Å²) in [5, 5.41) is 8.90. The SMILES string of the molecule is C/C=C\C=C(/O)C(=O)CC(=O)C(F)(F)F. The number of alkyl halides is 3. The number of hydrogen-bond acceptors (Lipinski definition) is 3. The largest absolute Gasteiger partial charge is 0.504 e. The van der Waals surface area contributed by atoms with E-state index in [-0.39, 0.29) is 0 Å². The maximum atomic E-state index is 11.7. The molecule has 0 amide bonds. The molecule has 0 aliphatic rings. The molecule has 0 aromatic carbocycles. The van der Waals surface area contributed by atoms with Gasteiger partial charge in [0, 0.05) is 0 Å². The fraction of sp³-hybridized carbons (Fsp3) is 0.333. The Kier molecular flexibility index (Phi) is 4.77. The van der Waals surface area contributed by atoms with Gasteiger partial charge in [-0.15, -0.1) is 0 Å². The first kappa shape index (κ1) is 13.4. The molecule has 0 bridgehead atoms. The van der Waals surface area contributed by atoms with Gasteiger partial charge in [0.25, 0.3) is 0 Å². The Morgan fingerprint density at radius 1 is 1.33 bits per heavy atom. The third kappa shape index (κ3) is 4.99. The van der Waals surface area contributed by atoms with Gasteiger partial charge in [-0.1, -0.05) is 12.2 Å². The summed E-state index contributed by atoms with van der Waals surface area (Å²) in [5.41, 5.74) is 0. The molecule has 0 aliphatic carbocycles. The van der Waals surface area contributed by atoms with Gasteiger partial charge in [-0.2, -0.15) is 13.2 Å². The summed E-state index contributed by atoms with van der Waals surface area (Å²) in [7, 11) is 0. The van der Waals surface area contributed by atoms with Crippen molar-refractivity contribution in [1.82, 2.24) is 0 Å². The molecule has 0 radical (unpaired) electrons. The van der Waals surface area contributed by atoms with Gasteiger partial charge in [0.2, 0.25) is 11.6 Å². The lowest BCUT2D eigenvalue weighted by Crippen LogP contribution is -2.25. The number of Topliss-reactive ketones (excluding diaryl/α,β-unsaturated/α-hetero) is 2. The lowest BCUT2D eigenvalue weighted by Gasteiger charge is -2.03. The van der Waals surface area contributed by atoms with Crippen LogP contribution in [0.5, 0.6) is 0 Å². The first-order chi connectivity index (χ1) is 6.79. The fourth-order valence-electron chi connectivity index (χ4n) is 0.617. The van der Waals surface area contributed by atoms with E-state index in [0.717, 1.165) is 6.08 Å². The second kappa shape index (κ2) is 5.33. The third-order valence-corrected chi connectivity index (χ3v) is 1.37. The third-order valence-electron chi connectivity index (χ3n) is 1.37. The van der Waals surface area contributed by atoms with Gasteiger partial charge < -0.3 is 5.11 Å². The van der Waals surface area contributed by atoms with Crippen molar-refractivity contribution in [1.29, 1.82) is 0 Å². The molecule has 0 spiro atoms. The highest BCUT2D eigenvalue weighted by Crippen LogP contribution is 2.18. The molecule has 0 unspecified atom stereocenters. The van der Waals surface area contributed by atoms with Crippen LogP contribution in [0, 0.1) is 0 Å². The topological polar surface area (TPSA) is 54.4 Å². The summed E-state index contributed by atoms with van der Waals surface area (Å²) in [4.78, 5) is 21.2. The molecule has 84 valence electrons. The molecule has 6 heteroatoms. The number of carbonyl (C=O) groups is 2. The number of aliphatic hydroxyl groups excluding tert-OH is 1. The van der Waals surface area contributed by atoms with E-state index in [1.54, 1.807) is 6.92 Å². The predicted octanol–water partition coefficient (Wildman–Crippen LogP) is 2.10.